The lowest BCUT2D eigenvalue weighted by atomic mass is 10.1. The van der Waals surface area contributed by atoms with E-state index in [4.69, 9.17) is 0 Å². The van der Waals surface area contributed by atoms with Gasteiger partial charge in [0.1, 0.15) is 0 Å². The van der Waals surface area contributed by atoms with Crippen LogP contribution in [-0.4, -0.2) is 15.5 Å². The van der Waals surface area contributed by atoms with Crippen LogP contribution >= 0.6 is 0 Å². The minimum absolute atomic E-state index is 0.0863. The van der Waals surface area contributed by atoms with Crippen LogP contribution in [0.4, 0.5) is 5.69 Å². The Balaban J connectivity index is 1.72. The third kappa shape index (κ3) is 2.75. The summed E-state index contributed by atoms with van der Waals surface area (Å²) in [4.78, 5) is 16.4. The van der Waals surface area contributed by atoms with E-state index in [-0.39, 0.29) is 11.8 Å². The zero-order chi connectivity index (χ0) is 14.8. The van der Waals surface area contributed by atoms with Gasteiger partial charge in [0.05, 0.1) is 12.0 Å². The van der Waals surface area contributed by atoms with E-state index in [2.05, 4.69) is 22.5 Å². The molecule has 4 heteroatoms. The van der Waals surface area contributed by atoms with Crippen molar-refractivity contribution in [3.63, 3.8) is 0 Å². The molecule has 0 fully saturated rings. The van der Waals surface area contributed by atoms with Crippen LogP contribution < -0.4 is 5.32 Å². The number of aromatic nitrogens is 2. The maximum Gasteiger partial charge on any atom is 0.228 e. The first-order valence-electron chi connectivity index (χ1n) is 7.22. The Morgan fingerprint density at radius 3 is 2.43 bits per heavy atom. The molecule has 0 bridgehead atoms. The summed E-state index contributed by atoms with van der Waals surface area (Å²) in [7, 11) is 0. The lowest BCUT2D eigenvalue weighted by molar-refractivity contribution is -0.119. The maximum atomic E-state index is 12.1. The Hall–Kier alpha value is -2.36. The van der Waals surface area contributed by atoms with Crippen LogP contribution in [0.1, 0.15) is 24.2 Å². The highest BCUT2D eigenvalue weighted by atomic mass is 16.1. The van der Waals surface area contributed by atoms with Crippen LogP contribution in [0.3, 0.4) is 0 Å². The number of amides is 1. The summed E-state index contributed by atoms with van der Waals surface area (Å²) in [5.74, 6) is 0.186. The SMILES string of the molecule is Cc1ncn(-c2ccc(NC(=O)C3CC=CC3)cc2)c1C. The molecule has 3 rings (SSSR count). The summed E-state index contributed by atoms with van der Waals surface area (Å²) in [6.07, 6.45) is 7.65. The van der Waals surface area contributed by atoms with Crippen molar-refractivity contribution in [2.45, 2.75) is 26.7 Å². The summed E-state index contributed by atoms with van der Waals surface area (Å²) < 4.78 is 2.04. The highest BCUT2D eigenvalue weighted by molar-refractivity contribution is 5.93. The Labute approximate surface area is 124 Å². The van der Waals surface area contributed by atoms with Gasteiger partial charge in [-0.1, -0.05) is 12.2 Å². The normalized spacial score (nSPS) is 14.6. The van der Waals surface area contributed by atoms with Gasteiger partial charge in [0.2, 0.25) is 5.91 Å². The third-order valence-corrected chi connectivity index (χ3v) is 4.04. The number of carbonyl (C=O) groups is 1. The summed E-state index contributed by atoms with van der Waals surface area (Å²) in [5.41, 5.74) is 4.05. The van der Waals surface area contributed by atoms with Crippen LogP contribution in [0, 0.1) is 19.8 Å². The summed E-state index contributed by atoms with van der Waals surface area (Å²) in [5, 5.41) is 2.98. The predicted molar refractivity (Wildman–Crippen MR) is 83.5 cm³/mol. The molecule has 0 saturated heterocycles. The van der Waals surface area contributed by atoms with Gasteiger partial charge in [-0.2, -0.15) is 0 Å². The lowest BCUT2D eigenvalue weighted by Gasteiger charge is -2.11. The molecule has 1 heterocycles. The number of imidazole rings is 1. The molecule has 1 amide bonds. The summed E-state index contributed by atoms with van der Waals surface area (Å²) >= 11 is 0. The number of allylic oxidation sites excluding steroid dienone is 2. The number of benzene rings is 1. The molecule has 0 spiro atoms. The number of hydrogen-bond donors (Lipinski definition) is 1. The zero-order valence-corrected chi connectivity index (χ0v) is 12.3. The first-order valence-corrected chi connectivity index (χ1v) is 7.22. The predicted octanol–water partition coefficient (Wildman–Crippen LogP) is 3.39. The van der Waals surface area contributed by atoms with Crippen molar-refractivity contribution in [3.8, 4) is 5.69 Å². The van der Waals surface area contributed by atoms with Gasteiger partial charge < -0.3 is 9.88 Å². The second-order valence-corrected chi connectivity index (χ2v) is 5.46. The maximum absolute atomic E-state index is 12.1. The Bertz CT molecular complexity index is 675. The second kappa shape index (κ2) is 5.56. The van der Waals surface area contributed by atoms with E-state index in [1.54, 1.807) is 0 Å². The van der Waals surface area contributed by atoms with E-state index in [0.29, 0.717) is 0 Å². The number of carbonyl (C=O) groups excluding carboxylic acids is 1. The minimum atomic E-state index is 0.0863. The van der Waals surface area contributed by atoms with Crippen molar-refractivity contribution in [3.05, 3.63) is 54.1 Å². The molecular formula is C17H19N3O. The molecule has 1 N–H and O–H groups in total. The number of nitrogens with one attached hydrogen (secondary N) is 1. The number of rotatable bonds is 3. The highest BCUT2D eigenvalue weighted by Crippen LogP contribution is 2.21. The van der Waals surface area contributed by atoms with Gasteiger partial charge in [0, 0.05) is 23.0 Å². The largest absolute Gasteiger partial charge is 0.326 e. The Morgan fingerprint density at radius 1 is 1.19 bits per heavy atom. The monoisotopic (exact) mass is 281 g/mol. The Morgan fingerprint density at radius 2 is 1.86 bits per heavy atom. The van der Waals surface area contributed by atoms with Gasteiger partial charge in [-0.3, -0.25) is 4.79 Å². The lowest BCUT2D eigenvalue weighted by Crippen LogP contribution is -2.20. The summed E-state index contributed by atoms with van der Waals surface area (Å²) in [6, 6.07) is 7.86. The average Bonchev–Trinajstić information content (AvgIpc) is 3.12. The first-order chi connectivity index (χ1) is 10.1. The van der Waals surface area contributed by atoms with Crippen molar-refractivity contribution in [2.75, 3.05) is 5.32 Å². The molecule has 0 saturated carbocycles. The second-order valence-electron chi connectivity index (χ2n) is 5.46. The van der Waals surface area contributed by atoms with Crippen LogP contribution in [-0.2, 0) is 4.79 Å². The first kappa shape index (κ1) is 13.6. The quantitative estimate of drug-likeness (QED) is 0.877. The van der Waals surface area contributed by atoms with E-state index in [1.165, 1.54) is 0 Å². The van der Waals surface area contributed by atoms with Crippen molar-refractivity contribution < 1.29 is 4.79 Å². The van der Waals surface area contributed by atoms with Gasteiger partial charge in [-0.25, -0.2) is 4.98 Å². The van der Waals surface area contributed by atoms with Crippen molar-refractivity contribution in [1.82, 2.24) is 9.55 Å². The fraction of sp³-hybridized carbons (Fsp3) is 0.294. The molecule has 1 aliphatic carbocycles. The molecule has 2 aromatic rings. The van der Waals surface area contributed by atoms with Gasteiger partial charge in [-0.05, 0) is 51.0 Å². The van der Waals surface area contributed by atoms with Crippen LogP contribution in [0.5, 0.6) is 0 Å². The minimum Gasteiger partial charge on any atom is -0.326 e. The fourth-order valence-corrected chi connectivity index (χ4v) is 2.54. The van der Waals surface area contributed by atoms with Crippen LogP contribution in [0.15, 0.2) is 42.7 Å². The van der Waals surface area contributed by atoms with Gasteiger partial charge in [-0.15, -0.1) is 0 Å². The molecule has 21 heavy (non-hydrogen) atoms. The van der Waals surface area contributed by atoms with Crippen LogP contribution in [0.2, 0.25) is 0 Å². The zero-order valence-electron chi connectivity index (χ0n) is 12.3. The third-order valence-electron chi connectivity index (χ3n) is 4.04. The van der Waals surface area contributed by atoms with Crippen LogP contribution in [0.25, 0.3) is 5.69 Å². The topological polar surface area (TPSA) is 46.9 Å². The van der Waals surface area contributed by atoms with Crippen molar-refractivity contribution in [2.24, 2.45) is 5.92 Å². The number of aryl methyl sites for hydroxylation is 1. The Kier molecular flexibility index (Phi) is 3.60. The molecule has 108 valence electrons. The van der Waals surface area contributed by atoms with E-state index < -0.39 is 0 Å². The standard InChI is InChI=1S/C17H19N3O/c1-12-13(2)20(11-18-12)16-9-7-15(8-10-16)19-17(21)14-5-3-4-6-14/h3-4,7-11,14H,5-6H2,1-2H3,(H,19,21). The van der Waals surface area contributed by atoms with Gasteiger partial charge in [0.15, 0.2) is 0 Å². The van der Waals surface area contributed by atoms with Crippen molar-refractivity contribution >= 4 is 11.6 Å². The molecule has 4 nitrogen and oxygen atoms in total. The molecule has 0 unspecified atom stereocenters. The molecule has 0 radical (unpaired) electrons. The molecule has 1 aliphatic rings. The smallest absolute Gasteiger partial charge is 0.228 e. The molecule has 0 atom stereocenters. The molecule has 0 aliphatic heterocycles. The number of nitrogens with zero attached hydrogens (tertiary/aromatic N) is 2. The number of hydrogen-bond acceptors (Lipinski definition) is 2. The van der Waals surface area contributed by atoms with E-state index in [9.17, 15) is 4.79 Å². The van der Waals surface area contributed by atoms with Gasteiger partial charge >= 0.3 is 0 Å². The van der Waals surface area contributed by atoms with E-state index in [0.717, 1.165) is 35.6 Å². The molecule has 1 aromatic carbocycles. The highest BCUT2D eigenvalue weighted by Gasteiger charge is 2.19. The fourth-order valence-electron chi connectivity index (χ4n) is 2.54. The van der Waals surface area contributed by atoms with E-state index in [1.807, 2.05) is 49.0 Å². The summed E-state index contributed by atoms with van der Waals surface area (Å²) in [6.45, 7) is 4.04. The van der Waals surface area contributed by atoms with Crippen molar-refractivity contribution in [1.29, 1.82) is 0 Å². The van der Waals surface area contributed by atoms with E-state index >= 15 is 0 Å². The number of anilines is 1. The molecule has 1 aromatic heterocycles. The molecular weight excluding hydrogens is 262 g/mol. The van der Waals surface area contributed by atoms with Gasteiger partial charge in [0.25, 0.3) is 0 Å². The average molecular weight is 281 g/mol.